The normalized spacial score (nSPS) is 11.4. The van der Waals surface area contributed by atoms with Crippen molar-refractivity contribution in [3.05, 3.63) is 64.7 Å². The van der Waals surface area contributed by atoms with Crippen molar-refractivity contribution >= 4 is 27.3 Å². The Morgan fingerprint density at radius 1 is 1.19 bits per heavy atom. The van der Waals surface area contributed by atoms with Gasteiger partial charge in [0.2, 0.25) is 10.0 Å². The van der Waals surface area contributed by atoms with E-state index in [1.807, 2.05) is 17.5 Å². The monoisotopic (exact) mass is 391 g/mol. The maximum Gasteiger partial charge on any atom is 0.273 e. The fraction of sp³-hybridized carbons (Fsp3) is 0.176. The maximum atomic E-state index is 12.2. The second-order valence-electron chi connectivity index (χ2n) is 5.52. The van der Waals surface area contributed by atoms with Gasteiger partial charge in [0.05, 0.1) is 10.6 Å². The smallest absolute Gasteiger partial charge is 0.273 e. The van der Waals surface area contributed by atoms with Crippen LogP contribution in [0.3, 0.4) is 0 Å². The molecule has 3 rings (SSSR count). The summed E-state index contributed by atoms with van der Waals surface area (Å²) in [6.45, 7) is 0.305. The van der Waals surface area contributed by atoms with Crippen molar-refractivity contribution < 1.29 is 17.7 Å². The van der Waals surface area contributed by atoms with E-state index in [4.69, 9.17) is 4.52 Å². The minimum Gasteiger partial charge on any atom is -0.355 e. The van der Waals surface area contributed by atoms with Crippen LogP contribution in [0.4, 0.5) is 0 Å². The van der Waals surface area contributed by atoms with Gasteiger partial charge >= 0.3 is 0 Å². The first-order valence-corrected chi connectivity index (χ1v) is 10.3. The molecule has 0 bridgehead atoms. The molecule has 0 radical (unpaired) electrons. The Balaban J connectivity index is 1.58. The standard InChI is InChI=1S/C17H17N3O4S2/c1-18-26(22,23)11-13-6-4-12(5-7-13)10-19-17(21)14-9-15(24-20-14)16-3-2-8-25-16/h2-9,18H,10-11H2,1H3,(H,19,21). The molecule has 7 nitrogen and oxygen atoms in total. The second-order valence-corrected chi connectivity index (χ2v) is 8.39. The predicted octanol–water partition coefficient (Wildman–Crippen LogP) is 2.38. The van der Waals surface area contributed by atoms with Crippen molar-refractivity contribution in [1.82, 2.24) is 15.2 Å². The van der Waals surface area contributed by atoms with Crippen molar-refractivity contribution in [2.24, 2.45) is 0 Å². The van der Waals surface area contributed by atoms with Gasteiger partial charge in [0.25, 0.3) is 5.91 Å². The fourth-order valence-electron chi connectivity index (χ4n) is 2.23. The Morgan fingerprint density at radius 3 is 2.58 bits per heavy atom. The van der Waals surface area contributed by atoms with Gasteiger partial charge in [-0.3, -0.25) is 4.79 Å². The van der Waals surface area contributed by atoms with Crippen molar-refractivity contribution in [3.63, 3.8) is 0 Å². The molecule has 0 fully saturated rings. The average molecular weight is 391 g/mol. The van der Waals surface area contributed by atoms with Crippen LogP contribution in [0.1, 0.15) is 21.6 Å². The number of carbonyl (C=O) groups excluding carboxylic acids is 1. The summed E-state index contributed by atoms with van der Waals surface area (Å²) in [5.41, 5.74) is 1.74. The van der Waals surface area contributed by atoms with E-state index in [1.165, 1.54) is 18.4 Å². The van der Waals surface area contributed by atoms with Crippen LogP contribution in [0, 0.1) is 0 Å². The molecule has 2 N–H and O–H groups in total. The molecular formula is C17H17N3O4S2. The summed E-state index contributed by atoms with van der Waals surface area (Å²) in [7, 11) is -1.92. The first kappa shape index (κ1) is 18.3. The largest absolute Gasteiger partial charge is 0.355 e. The first-order chi connectivity index (χ1) is 12.5. The third-order valence-electron chi connectivity index (χ3n) is 3.65. The predicted molar refractivity (Wildman–Crippen MR) is 99.1 cm³/mol. The van der Waals surface area contributed by atoms with Gasteiger partial charge in [-0.05, 0) is 29.6 Å². The third kappa shape index (κ3) is 4.57. The average Bonchev–Trinajstić information content (AvgIpc) is 3.32. The van der Waals surface area contributed by atoms with Crippen molar-refractivity contribution in [3.8, 4) is 10.6 Å². The Bertz CT molecular complexity index is 977. The van der Waals surface area contributed by atoms with Gasteiger partial charge in [-0.1, -0.05) is 35.5 Å². The van der Waals surface area contributed by atoms with Crippen LogP contribution in [-0.4, -0.2) is 26.5 Å². The number of thiophene rings is 1. The molecule has 26 heavy (non-hydrogen) atoms. The fourth-order valence-corrected chi connectivity index (χ4v) is 3.68. The first-order valence-electron chi connectivity index (χ1n) is 7.75. The highest BCUT2D eigenvalue weighted by Crippen LogP contribution is 2.25. The Morgan fingerprint density at radius 2 is 1.92 bits per heavy atom. The molecule has 0 spiro atoms. The molecule has 136 valence electrons. The number of aromatic nitrogens is 1. The summed E-state index contributed by atoms with van der Waals surface area (Å²) in [4.78, 5) is 13.1. The molecule has 0 aliphatic rings. The highest BCUT2D eigenvalue weighted by atomic mass is 32.2. The van der Waals surface area contributed by atoms with Gasteiger partial charge < -0.3 is 9.84 Å². The second kappa shape index (κ2) is 7.81. The lowest BCUT2D eigenvalue weighted by molar-refractivity contribution is 0.0942. The SMILES string of the molecule is CNS(=O)(=O)Cc1ccc(CNC(=O)c2cc(-c3cccs3)on2)cc1. The molecule has 0 aliphatic heterocycles. The van der Waals surface area contributed by atoms with Crippen molar-refractivity contribution in [1.29, 1.82) is 0 Å². The van der Waals surface area contributed by atoms with Crippen LogP contribution in [0.5, 0.6) is 0 Å². The quantitative estimate of drug-likeness (QED) is 0.644. The summed E-state index contributed by atoms with van der Waals surface area (Å²) >= 11 is 1.51. The van der Waals surface area contributed by atoms with Gasteiger partial charge in [-0.25, -0.2) is 13.1 Å². The summed E-state index contributed by atoms with van der Waals surface area (Å²) < 4.78 is 30.5. The topological polar surface area (TPSA) is 101 Å². The molecule has 1 aromatic carbocycles. The lowest BCUT2D eigenvalue weighted by Gasteiger charge is -2.06. The minimum absolute atomic E-state index is 0.0828. The van der Waals surface area contributed by atoms with Crippen molar-refractivity contribution in [2.45, 2.75) is 12.3 Å². The highest BCUT2D eigenvalue weighted by Gasteiger charge is 2.14. The molecular weight excluding hydrogens is 374 g/mol. The molecule has 0 unspecified atom stereocenters. The minimum atomic E-state index is -3.30. The Labute approximate surface area is 155 Å². The van der Waals surface area contributed by atoms with E-state index in [0.29, 0.717) is 17.9 Å². The zero-order valence-corrected chi connectivity index (χ0v) is 15.6. The van der Waals surface area contributed by atoms with Crippen LogP contribution in [0.2, 0.25) is 0 Å². The molecule has 3 aromatic rings. The maximum absolute atomic E-state index is 12.2. The Hall–Kier alpha value is -2.49. The van der Waals surface area contributed by atoms with E-state index in [0.717, 1.165) is 10.4 Å². The van der Waals surface area contributed by atoms with Crippen LogP contribution >= 0.6 is 11.3 Å². The summed E-state index contributed by atoms with van der Waals surface area (Å²) in [5.74, 6) is 0.138. The number of hydrogen-bond donors (Lipinski definition) is 2. The number of benzene rings is 1. The molecule has 2 aromatic heterocycles. The summed E-state index contributed by atoms with van der Waals surface area (Å²) in [5, 5.41) is 8.48. The van der Waals surface area contributed by atoms with E-state index < -0.39 is 10.0 Å². The van der Waals surface area contributed by atoms with Gasteiger partial charge in [-0.2, -0.15) is 0 Å². The number of nitrogens with one attached hydrogen (secondary N) is 2. The lowest BCUT2D eigenvalue weighted by Crippen LogP contribution is -2.23. The van der Waals surface area contributed by atoms with E-state index in [1.54, 1.807) is 30.3 Å². The number of sulfonamides is 1. The molecule has 0 aliphatic carbocycles. The molecule has 2 heterocycles. The van der Waals surface area contributed by atoms with Gasteiger partial charge in [-0.15, -0.1) is 11.3 Å². The van der Waals surface area contributed by atoms with Crippen LogP contribution in [-0.2, 0) is 22.3 Å². The van der Waals surface area contributed by atoms with Crippen LogP contribution < -0.4 is 10.0 Å². The molecule has 0 atom stereocenters. The zero-order chi connectivity index (χ0) is 18.6. The summed E-state index contributed by atoms with van der Waals surface area (Å²) in [6, 6.07) is 12.4. The summed E-state index contributed by atoms with van der Waals surface area (Å²) in [6.07, 6.45) is 0. The molecule has 0 saturated carbocycles. The molecule has 1 amide bonds. The highest BCUT2D eigenvalue weighted by molar-refractivity contribution is 7.88. The number of carbonyl (C=O) groups is 1. The Kier molecular flexibility index (Phi) is 5.50. The number of nitrogens with zero attached hydrogens (tertiary/aromatic N) is 1. The third-order valence-corrected chi connectivity index (χ3v) is 5.87. The van der Waals surface area contributed by atoms with E-state index in [2.05, 4.69) is 15.2 Å². The molecule has 0 saturated heterocycles. The number of amides is 1. The van der Waals surface area contributed by atoms with Gasteiger partial charge in [0, 0.05) is 12.6 Å². The van der Waals surface area contributed by atoms with Gasteiger partial charge in [0.15, 0.2) is 11.5 Å². The lowest BCUT2D eigenvalue weighted by atomic mass is 10.1. The van der Waals surface area contributed by atoms with E-state index >= 15 is 0 Å². The number of hydrogen-bond acceptors (Lipinski definition) is 6. The van der Waals surface area contributed by atoms with Crippen LogP contribution in [0.25, 0.3) is 10.6 Å². The molecule has 9 heteroatoms. The van der Waals surface area contributed by atoms with E-state index in [9.17, 15) is 13.2 Å². The zero-order valence-electron chi connectivity index (χ0n) is 13.9. The van der Waals surface area contributed by atoms with E-state index in [-0.39, 0.29) is 17.4 Å². The van der Waals surface area contributed by atoms with Gasteiger partial charge in [0.1, 0.15) is 0 Å². The van der Waals surface area contributed by atoms with Crippen molar-refractivity contribution in [2.75, 3.05) is 7.05 Å². The number of rotatable bonds is 7. The van der Waals surface area contributed by atoms with Crippen LogP contribution in [0.15, 0.2) is 52.4 Å².